The van der Waals surface area contributed by atoms with Crippen LogP contribution in [0.4, 0.5) is 0 Å². The lowest BCUT2D eigenvalue weighted by atomic mass is 10.2. The minimum atomic E-state index is -0.0572. The number of nitrogens with zero attached hydrogens (tertiary/aromatic N) is 1. The Bertz CT molecular complexity index is 511. The van der Waals surface area contributed by atoms with Crippen LogP contribution in [0.3, 0.4) is 0 Å². The molecule has 0 N–H and O–H groups in total. The van der Waals surface area contributed by atoms with Crippen LogP contribution in [0.5, 0.6) is 0 Å². The molecule has 0 saturated heterocycles. The number of ketones is 1. The minimum absolute atomic E-state index is 0.0572. The van der Waals surface area contributed by atoms with Crippen LogP contribution in [0.15, 0.2) is 16.5 Å². The third-order valence-corrected chi connectivity index (χ3v) is 2.18. The van der Waals surface area contributed by atoms with Gasteiger partial charge in [0.2, 0.25) is 0 Å². The summed E-state index contributed by atoms with van der Waals surface area (Å²) in [4.78, 5) is 15.4. The van der Waals surface area contributed by atoms with Gasteiger partial charge in [-0.25, -0.2) is 0 Å². The minimum Gasteiger partial charge on any atom is -0.453 e. The van der Waals surface area contributed by atoms with Gasteiger partial charge < -0.3 is 4.42 Å². The summed E-state index contributed by atoms with van der Waals surface area (Å²) in [6, 6.07) is 3.59. The van der Waals surface area contributed by atoms with Crippen molar-refractivity contribution < 1.29 is 9.21 Å². The lowest BCUT2D eigenvalue weighted by molar-refractivity contribution is 0.0989. The lowest BCUT2D eigenvalue weighted by Crippen LogP contribution is -1.86. The highest BCUT2D eigenvalue weighted by molar-refractivity contribution is 5.96. The molecule has 0 aliphatic carbocycles. The van der Waals surface area contributed by atoms with Crippen LogP contribution in [0.2, 0.25) is 0 Å². The Morgan fingerprint density at radius 1 is 1.36 bits per heavy atom. The molecule has 2 heterocycles. The molecule has 0 aliphatic heterocycles. The summed E-state index contributed by atoms with van der Waals surface area (Å²) in [6.07, 6.45) is 0. The van der Waals surface area contributed by atoms with E-state index in [0.717, 1.165) is 22.4 Å². The quantitative estimate of drug-likeness (QED) is 0.647. The maximum Gasteiger partial charge on any atom is 0.194 e. The molecule has 3 nitrogen and oxygen atoms in total. The van der Waals surface area contributed by atoms with Crippen LogP contribution >= 0.6 is 0 Å². The highest BCUT2D eigenvalue weighted by Crippen LogP contribution is 2.22. The van der Waals surface area contributed by atoms with Crippen LogP contribution in [-0.2, 0) is 0 Å². The third kappa shape index (κ3) is 1.31. The van der Waals surface area contributed by atoms with Gasteiger partial charge in [0.25, 0.3) is 0 Å². The van der Waals surface area contributed by atoms with Crippen LogP contribution < -0.4 is 0 Å². The van der Waals surface area contributed by atoms with Crippen LogP contribution in [-0.4, -0.2) is 10.8 Å². The van der Waals surface area contributed by atoms with Gasteiger partial charge >= 0.3 is 0 Å². The molecule has 0 bridgehead atoms. The second-order valence-electron chi connectivity index (χ2n) is 3.43. The first-order valence-corrected chi connectivity index (χ1v) is 4.46. The number of aromatic nitrogens is 1. The van der Waals surface area contributed by atoms with Gasteiger partial charge in [0.05, 0.1) is 0 Å². The largest absolute Gasteiger partial charge is 0.453 e. The molecule has 2 rings (SSSR count). The van der Waals surface area contributed by atoms with Crippen molar-refractivity contribution in [1.82, 2.24) is 4.98 Å². The van der Waals surface area contributed by atoms with E-state index in [1.165, 1.54) is 6.92 Å². The molecule has 0 fully saturated rings. The molecule has 0 unspecified atom stereocenters. The number of carbonyl (C=O) groups is 1. The molecular weight excluding hydrogens is 178 g/mol. The van der Waals surface area contributed by atoms with Gasteiger partial charge in [-0.05, 0) is 19.9 Å². The number of Topliss-reactive ketones (excluding diaryl/α,β-unsaturated/α-hetero) is 1. The first-order valence-electron chi connectivity index (χ1n) is 4.46. The third-order valence-electron chi connectivity index (χ3n) is 2.18. The fraction of sp³-hybridized carbons (Fsp3) is 0.273. The van der Waals surface area contributed by atoms with Gasteiger partial charge in [-0.15, -0.1) is 0 Å². The zero-order chi connectivity index (χ0) is 10.3. The molecule has 0 radical (unpaired) electrons. The van der Waals surface area contributed by atoms with Gasteiger partial charge in [0.1, 0.15) is 5.58 Å². The number of aryl methyl sites for hydroxylation is 2. The number of hydrogen-bond donors (Lipinski definition) is 0. The fourth-order valence-electron chi connectivity index (χ4n) is 1.52. The molecule has 0 saturated carbocycles. The molecule has 0 spiro atoms. The molecule has 0 aliphatic rings. The van der Waals surface area contributed by atoms with Crippen molar-refractivity contribution in [2.45, 2.75) is 20.8 Å². The zero-order valence-corrected chi connectivity index (χ0v) is 8.42. The van der Waals surface area contributed by atoms with E-state index in [0.29, 0.717) is 5.76 Å². The molecule has 3 heteroatoms. The van der Waals surface area contributed by atoms with E-state index >= 15 is 0 Å². The number of rotatable bonds is 1. The molecule has 72 valence electrons. The Balaban J connectivity index is 2.76. The van der Waals surface area contributed by atoms with Crippen LogP contribution in [0.25, 0.3) is 11.0 Å². The first-order chi connectivity index (χ1) is 6.58. The Morgan fingerprint density at radius 2 is 2.07 bits per heavy atom. The summed E-state index contributed by atoms with van der Waals surface area (Å²) < 4.78 is 5.40. The van der Waals surface area contributed by atoms with Gasteiger partial charge in [-0.2, -0.15) is 0 Å². The lowest BCUT2D eigenvalue weighted by Gasteiger charge is -1.95. The molecule has 0 atom stereocenters. The summed E-state index contributed by atoms with van der Waals surface area (Å²) in [6.45, 7) is 5.31. The van der Waals surface area contributed by atoms with Gasteiger partial charge in [-0.1, -0.05) is 0 Å². The van der Waals surface area contributed by atoms with Crippen molar-refractivity contribution in [1.29, 1.82) is 0 Å². The smallest absolute Gasteiger partial charge is 0.194 e. The van der Waals surface area contributed by atoms with Gasteiger partial charge in [0, 0.05) is 29.8 Å². The predicted octanol–water partition coefficient (Wildman–Crippen LogP) is 2.65. The standard InChI is InChI=1S/C11H11NO2/c1-6-4-11-9(7(2)12-6)5-10(14-11)8(3)13/h4-5H,1-3H3. The average molecular weight is 189 g/mol. The normalized spacial score (nSPS) is 10.8. The number of pyridine rings is 1. The predicted molar refractivity (Wildman–Crippen MR) is 53.5 cm³/mol. The van der Waals surface area contributed by atoms with E-state index in [1.54, 1.807) is 6.07 Å². The van der Waals surface area contributed by atoms with Crippen molar-refractivity contribution in [3.8, 4) is 0 Å². The molecular formula is C11H11NO2. The summed E-state index contributed by atoms with van der Waals surface area (Å²) in [5, 5.41) is 0.917. The number of furan rings is 1. The first kappa shape index (κ1) is 8.94. The van der Waals surface area contributed by atoms with Crippen molar-refractivity contribution in [2.24, 2.45) is 0 Å². The zero-order valence-electron chi connectivity index (χ0n) is 8.42. The van der Waals surface area contributed by atoms with Crippen LogP contribution in [0.1, 0.15) is 28.9 Å². The topological polar surface area (TPSA) is 43.1 Å². The summed E-state index contributed by atoms with van der Waals surface area (Å²) in [5.74, 6) is 0.341. The van der Waals surface area contributed by atoms with E-state index in [2.05, 4.69) is 4.98 Å². The monoisotopic (exact) mass is 189 g/mol. The Hall–Kier alpha value is -1.64. The van der Waals surface area contributed by atoms with E-state index in [1.807, 2.05) is 19.9 Å². The summed E-state index contributed by atoms with van der Waals surface area (Å²) >= 11 is 0. The van der Waals surface area contributed by atoms with E-state index in [9.17, 15) is 4.79 Å². The van der Waals surface area contributed by atoms with Gasteiger partial charge in [0.15, 0.2) is 11.5 Å². The molecule has 2 aromatic heterocycles. The van der Waals surface area contributed by atoms with E-state index in [-0.39, 0.29) is 5.78 Å². The van der Waals surface area contributed by atoms with Crippen molar-refractivity contribution in [3.05, 3.63) is 29.3 Å². The van der Waals surface area contributed by atoms with Crippen molar-refractivity contribution in [2.75, 3.05) is 0 Å². The van der Waals surface area contributed by atoms with Gasteiger partial charge in [-0.3, -0.25) is 9.78 Å². The van der Waals surface area contributed by atoms with Crippen LogP contribution in [0, 0.1) is 13.8 Å². The van der Waals surface area contributed by atoms with Crippen molar-refractivity contribution in [3.63, 3.8) is 0 Å². The SMILES string of the molecule is CC(=O)c1cc2c(C)nc(C)cc2o1. The van der Waals surface area contributed by atoms with Crippen molar-refractivity contribution >= 4 is 16.8 Å². The summed E-state index contributed by atoms with van der Waals surface area (Å²) in [5.41, 5.74) is 2.54. The molecule has 2 aromatic rings. The highest BCUT2D eigenvalue weighted by Gasteiger charge is 2.10. The number of carbonyl (C=O) groups excluding carboxylic acids is 1. The maximum absolute atomic E-state index is 11.1. The highest BCUT2D eigenvalue weighted by atomic mass is 16.3. The van der Waals surface area contributed by atoms with E-state index < -0.39 is 0 Å². The number of hydrogen-bond acceptors (Lipinski definition) is 3. The molecule has 14 heavy (non-hydrogen) atoms. The average Bonchev–Trinajstić information content (AvgIpc) is 2.47. The van der Waals surface area contributed by atoms with E-state index in [4.69, 9.17) is 4.42 Å². The molecule has 0 aromatic carbocycles. The maximum atomic E-state index is 11.1. The molecule has 0 amide bonds. The second-order valence-corrected chi connectivity index (χ2v) is 3.43. The Labute approximate surface area is 81.7 Å². The Kier molecular flexibility index (Phi) is 1.88. The number of fused-ring (bicyclic) bond motifs is 1. The fourth-order valence-corrected chi connectivity index (χ4v) is 1.52. The second kappa shape index (κ2) is 2.94. The summed E-state index contributed by atoms with van der Waals surface area (Å²) in [7, 11) is 0. The Morgan fingerprint density at radius 3 is 2.71 bits per heavy atom.